The minimum atomic E-state index is -0.142. The van der Waals surface area contributed by atoms with Crippen LogP contribution in [0.5, 0.6) is 5.75 Å². The van der Waals surface area contributed by atoms with Gasteiger partial charge in [-0.15, -0.1) is 0 Å². The topological polar surface area (TPSA) is 67.4 Å². The van der Waals surface area contributed by atoms with Crippen molar-refractivity contribution in [2.45, 2.75) is 13.3 Å². The first-order valence-electron chi connectivity index (χ1n) is 8.00. The molecule has 0 fully saturated rings. The summed E-state index contributed by atoms with van der Waals surface area (Å²) < 4.78 is 5.49. The van der Waals surface area contributed by atoms with Crippen LogP contribution in [-0.4, -0.2) is 25.0 Å². The lowest BCUT2D eigenvalue weighted by molar-refractivity contribution is -0.120. The highest BCUT2D eigenvalue weighted by molar-refractivity contribution is 6.30. The van der Waals surface area contributed by atoms with Crippen molar-refractivity contribution in [2.75, 3.05) is 18.5 Å². The Hall–Kier alpha value is -2.97. The number of halogens is 1. The summed E-state index contributed by atoms with van der Waals surface area (Å²) in [7, 11) is 0. The molecule has 0 saturated heterocycles. The van der Waals surface area contributed by atoms with E-state index >= 15 is 0 Å². The molecule has 134 valence electrons. The number of benzene rings is 2. The number of rotatable bonds is 6. The molecule has 0 saturated carbocycles. The zero-order valence-electron chi connectivity index (χ0n) is 14.3. The Kier molecular flexibility index (Phi) is 7.53. The lowest BCUT2D eigenvalue weighted by Crippen LogP contribution is -2.25. The average molecular weight is 371 g/mol. The van der Waals surface area contributed by atoms with Crippen LogP contribution in [0.4, 0.5) is 5.69 Å². The number of carbonyl (C=O) groups excluding carboxylic acids is 2. The molecule has 2 aromatic carbocycles. The molecule has 0 aliphatic carbocycles. The van der Waals surface area contributed by atoms with Gasteiger partial charge in [0.2, 0.25) is 11.8 Å². The molecule has 0 aliphatic rings. The van der Waals surface area contributed by atoms with Crippen molar-refractivity contribution in [3.05, 3.63) is 59.1 Å². The Morgan fingerprint density at radius 2 is 1.88 bits per heavy atom. The Morgan fingerprint density at radius 3 is 2.62 bits per heavy atom. The highest BCUT2D eigenvalue weighted by Gasteiger charge is 2.01. The molecule has 0 unspecified atom stereocenters. The minimum Gasteiger partial charge on any atom is -0.481 e. The normalized spacial score (nSPS) is 9.62. The molecule has 0 bridgehead atoms. The monoisotopic (exact) mass is 370 g/mol. The first-order valence-corrected chi connectivity index (χ1v) is 8.38. The average Bonchev–Trinajstić information content (AvgIpc) is 2.60. The van der Waals surface area contributed by atoms with E-state index in [9.17, 15) is 9.59 Å². The van der Waals surface area contributed by atoms with E-state index in [4.69, 9.17) is 16.3 Å². The number of carbonyl (C=O) groups is 2. The van der Waals surface area contributed by atoms with E-state index in [0.717, 1.165) is 5.56 Å². The number of anilines is 1. The Bertz CT molecular complexity index is 823. The quantitative estimate of drug-likeness (QED) is 0.768. The van der Waals surface area contributed by atoms with Gasteiger partial charge in [0.05, 0.1) is 13.0 Å². The van der Waals surface area contributed by atoms with Crippen molar-refractivity contribution >= 4 is 29.1 Å². The smallest absolute Gasteiger partial charge is 0.225 e. The summed E-state index contributed by atoms with van der Waals surface area (Å²) in [5.41, 5.74) is 1.56. The first-order chi connectivity index (χ1) is 12.5. The number of amides is 2. The van der Waals surface area contributed by atoms with Crippen molar-refractivity contribution in [1.29, 1.82) is 0 Å². The van der Waals surface area contributed by atoms with E-state index in [1.165, 1.54) is 6.92 Å². The molecule has 2 rings (SSSR count). The van der Waals surface area contributed by atoms with Crippen LogP contribution in [0.1, 0.15) is 12.5 Å². The molecule has 2 amide bonds. The van der Waals surface area contributed by atoms with Gasteiger partial charge < -0.3 is 15.4 Å². The SMILES string of the molecule is CC(=O)Nc1cccc(OCC#CCNC(=O)Cc2ccc(Cl)cc2)c1. The summed E-state index contributed by atoms with van der Waals surface area (Å²) in [5, 5.41) is 6.05. The molecule has 0 atom stereocenters. The van der Waals surface area contributed by atoms with Crippen LogP contribution in [0.15, 0.2) is 48.5 Å². The molecule has 0 radical (unpaired) electrons. The largest absolute Gasteiger partial charge is 0.481 e. The van der Waals surface area contributed by atoms with Gasteiger partial charge in [0.25, 0.3) is 0 Å². The second-order valence-electron chi connectivity index (χ2n) is 5.43. The molecule has 0 heterocycles. The van der Waals surface area contributed by atoms with E-state index in [0.29, 0.717) is 16.5 Å². The number of hydrogen-bond acceptors (Lipinski definition) is 3. The van der Waals surface area contributed by atoms with Gasteiger partial charge in [-0.25, -0.2) is 0 Å². The van der Waals surface area contributed by atoms with Crippen LogP contribution in [-0.2, 0) is 16.0 Å². The van der Waals surface area contributed by atoms with E-state index in [-0.39, 0.29) is 31.4 Å². The van der Waals surface area contributed by atoms with Crippen molar-refractivity contribution < 1.29 is 14.3 Å². The molecule has 0 aliphatic heterocycles. The summed E-state index contributed by atoms with van der Waals surface area (Å²) in [6.45, 7) is 1.89. The Balaban J connectivity index is 1.69. The van der Waals surface area contributed by atoms with Gasteiger partial charge in [-0.2, -0.15) is 0 Å². The molecular weight excluding hydrogens is 352 g/mol. The van der Waals surface area contributed by atoms with E-state index in [2.05, 4.69) is 22.5 Å². The molecule has 26 heavy (non-hydrogen) atoms. The fourth-order valence-electron chi connectivity index (χ4n) is 2.09. The Morgan fingerprint density at radius 1 is 1.12 bits per heavy atom. The maximum absolute atomic E-state index is 11.8. The summed E-state index contributed by atoms with van der Waals surface area (Å²) in [5.74, 6) is 6.02. The lowest BCUT2D eigenvalue weighted by Gasteiger charge is -2.05. The first kappa shape index (κ1) is 19.4. The molecule has 5 nitrogen and oxygen atoms in total. The van der Waals surface area contributed by atoms with Crippen LogP contribution in [0.3, 0.4) is 0 Å². The number of hydrogen-bond donors (Lipinski definition) is 2. The van der Waals surface area contributed by atoms with Crippen molar-refractivity contribution in [3.8, 4) is 17.6 Å². The third-order valence-corrected chi connectivity index (χ3v) is 3.49. The molecule has 0 spiro atoms. The van der Waals surface area contributed by atoms with Crippen LogP contribution in [0.25, 0.3) is 0 Å². The minimum absolute atomic E-state index is 0.106. The third-order valence-electron chi connectivity index (χ3n) is 3.24. The predicted molar refractivity (Wildman–Crippen MR) is 102 cm³/mol. The maximum Gasteiger partial charge on any atom is 0.225 e. The second kappa shape index (κ2) is 10.1. The van der Waals surface area contributed by atoms with Gasteiger partial charge in [-0.05, 0) is 29.8 Å². The summed E-state index contributed by atoms with van der Waals surface area (Å²) in [6.07, 6.45) is 0.283. The summed E-state index contributed by atoms with van der Waals surface area (Å²) >= 11 is 5.81. The summed E-state index contributed by atoms with van der Waals surface area (Å²) in [4.78, 5) is 22.8. The maximum atomic E-state index is 11.8. The zero-order valence-corrected chi connectivity index (χ0v) is 15.1. The van der Waals surface area contributed by atoms with Gasteiger partial charge in [0.1, 0.15) is 12.4 Å². The van der Waals surface area contributed by atoms with Crippen LogP contribution in [0.2, 0.25) is 5.02 Å². The third kappa shape index (κ3) is 7.29. The van der Waals surface area contributed by atoms with Crippen LogP contribution >= 0.6 is 11.6 Å². The second-order valence-corrected chi connectivity index (χ2v) is 5.87. The van der Waals surface area contributed by atoms with Gasteiger partial charge in [-0.3, -0.25) is 9.59 Å². The number of ether oxygens (including phenoxy) is 1. The van der Waals surface area contributed by atoms with Gasteiger partial charge in [0.15, 0.2) is 0 Å². The van der Waals surface area contributed by atoms with Gasteiger partial charge in [-0.1, -0.05) is 41.6 Å². The fraction of sp³-hybridized carbons (Fsp3) is 0.200. The predicted octanol–water partition coefficient (Wildman–Crippen LogP) is 3.04. The molecule has 0 aromatic heterocycles. The molecule has 6 heteroatoms. The zero-order chi connectivity index (χ0) is 18.8. The molecule has 2 aromatic rings. The van der Waals surface area contributed by atoms with Gasteiger partial charge >= 0.3 is 0 Å². The molecular formula is C20H19ClN2O3. The van der Waals surface area contributed by atoms with Crippen molar-refractivity contribution in [2.24, 2.45) is 0 Å². The highest BCUT2D eigenvalue weighted by Crippen LogP contribution is 2.17. The van der Waals surface area contributed by atoms with Gasteiger partial charge in [0, 0.05) is 23.7 Å². The van der Waals surface area contributed by atoms with Crippen molar-refractivity contribution in [1.82, 2.24) is 5.32 Å². The van der Waals surface area contributed by atoms with Crippen LogP contribution < -0.4 is 15.4 Å². The highest BCUT2D eigenvalue weighted by atomic mass is 35.5. The van der Waals surface area contributed by atoms with E-state index in [1.54, 1.807) is 36.4 Å². The summed E-state index contributed by atoms with van der Waals surface area (Å²) in [6, 6.07) is 14.2. The fourth-order valence-corrected chi connectivity index (χ4v) is 2.22. The molecule has 2 N–H and O–H groups in total. The van der Waals surface area contributed by atoms with E-state index in [1.807, 2.05) is 12.1 Å². The number of nitrogens with one attached hydrogen (secondary N) is 2. The standard InChI is InChI=1S/C20H19ClN2O3/c1-15(24)23-18-5-4-6-19(14-18)26-12-3-2-11-22-20(25)13-16-7-9-17(21)10-8-16/h4-10,14H,11-13H2,1H3,(H,22,25)(H,23,24). The lowest BCUT2D eigenvalue weighted by atomic mass is 10.1. The van der Waals surface area contributed by atoms with Crippen LogP contribution in [0, 0.1) is 11.8 Å². The van der Waals surface area contributed by atoms with E-state index < -0.39 is 0 Å². The van der Waals surface area contributed by atoms with Crippen molar-refractivity contribution in [3.63, 3.8) is 0 Å². The Labute approximate surface area is 157 Å².